The Bertz CT molecular complexity index is 1640. The molecule has 0 fully saturated rings. The van der Waals surface area contributed by atoms with Gasteiger partial charge in [0, 0.05) is 11.4 Å². The van der Waals surface area contributed by atoms with Gasteiger partial charge in [-0.3, -0.25) is 9.36 Å². The maximum atomic E-state index is 13.8. The molecule has 14 heteroatoms. The van der Waals surface area contributed by atoms with Gasteiger partial charge in [0.2, 0.25) is 5.88 Å². The van der Waals surface area contributed by atoms with Gasteiger partial charge < -0.3 is 5.11 Å². The zero-order valence-electron chi connectivity index (χ0n) is 17.4. The first kappa shape index (κ1) is 22.9. The van der Waals surface area contributed by atoms with E-state index >= 15 is 0 Å². The number of H-pyrrole nitrogens is 1. The summed E-state index contributed by atoms with van der Waals surface area (Å²) in [7, 11) is 0. The first-order valence-electron chi connectivity index (χ1n) is 9.96. The largest absolute Gasteiger partial charge is 0.493 e. The molecule has 2 aromatic heterocycles. The summed E-state index contributed by atoms with van der Waals surface area (Å²) in [6, 6.07) is 8.32. The topological polar surface area (TPSA) is 121 Å². The second kappa shape index (κ2) is 8.74. The summed E-state index contributed by atoms with van der Waals surface area (Å²) in [6.45, 7) is -0.0724. The third-order valence-electron chi connectivity index (χ3n) is 5.30. The Balaban J connectivity index is 1.71. The minimum Gasteiger partial charge on any atom is -0.493 e. The lowest BCUT2D eigenvalue weighted by Crippen LogP contribution is -2.15. The third kappa shape index (κ3) is 4.47. The quantitative estimate of drug-likeness (QED) is 0.419. The molecule has 0 saturated carbocycles. The van der Waals surface area contributed by atoms with Gasteiger partial charge in [-0.2, -0.15) is 28.6 Å². The summed E-state index contributed by atoms with van der Waals surface area (Å²) >= 11 is 6.55. The van der Waals surface area contributed by atoms with E-state index < -0.39 is 22.5 Å². The van der Waals surface area contributed by atoms with Crippen LogP contribution in [-0.4, -0.2) is 25.1 Å². The molecule has 0 spiro atoms. The Morgan fingerprint density at radius 2 is 2.03 bits per heavy atom. The van der Waals surface area contributed by atoms with E-state index in [1.165, 1.54) is 18.3 Å². The van der Waals surface area contributed by atoms with Gasteiger partial charge in [-0.05, 0) is 45.8 Å². The number of hydrogen-bond donors (Lipinski definition) is 2. The van der Waals surface area contributed by atoms with Crippen LogP contribution in [0.1, 0.15) is 21.7 Å². The van der Waals surface area contributed by atoms with E-state index in [-0.39, 0.29) is 28.4 Å². The van der Waals surface area contributed by atoms with Crippen LogP contribution in [0.15, 0.2) is 62.8 Å². The van der Waals surface area contributed by atoms with Crippen LogP contribution in [0.3, 0.4) is 0 Å². The Morgan fingerprint density at radius 3 is 2.77 bits per heavy atom. The van der Waals surface area contributed by atoms with Gasteiger partial charge in [0.05, 0.1) is 23.2 Å². The molecular weight excluding hydrogens is 507 g/mol. The number of halogens is 4. The molecule has 0 saturated heterocycles. The number of rotatable bonds is 5. The molecule has 2 aromatic carbocycles. The Morgan fingerprint density at radius 1 is 1.20 bits per heavy atom. The number of aromatic amines is 1. The molecule has 0 aliphatic carbocycles. The van der Waals surface area contributed by atoms with Crippen LogP contribution in [0.25, 0.3) is 5.57 Å². The van der Waals surface area contributed by atoms with E-state index in [2.05, 4.69) is 30.8 Å². The fraction of sp³-hybridized carbons (Fsp3) is 0.143. The number of nitrogens with one attached hydrogen (secondary N) is 1. The second-order valence-corrected chi connectivity index (χ2v) is 8.91. The average molecular weight is 520 g/mol. The molecule has 5 rings (SSSR count). The number of aromatic hydroxyl groups is 1. The minimum atomic E-state index is -4.66. The van der Waals surface area contributed by atoms with Crippen molar-refractivity contribution in [3.63, 3.8) is 0 Å². The lowest BCUT2D eigenvalue weighted by atomic mass is 9.96. The number of aromatic nitrogens is 4. The van der Waals surface area contributed by atoms with Gasteiger partial charge in [-0.1, -0.05) is 35.1 Å². The zero-order valence-corrected chi connectivity index (χ0v) is 19.0. The first-order chi connectivity index (χ1) is 16.7. The van der Waals surface area contributed by atoms with Crippen LogP contribution in [0, 0.1) is 0 Å². The van der Waals surface area contributed by atoms with Crippen LogP contribution in [-0.2, 0) is 19.1 Å². The molecule has 1 aliphatic rings. The van der Waals surface area contributed by atoms with Crippen molar-refractivity contribution in [1.29, 1.82) is 0 Å². The second-order valence-electron chi connectivity index (χ2n) is 7.52. The number of thiazole rings is 1. The molecule has 3 heterocycles. The van der Waals surface area contributed by atoms with Crippen LogP contribution in [0.5, 0.6) is 5.88 Å². The Kier molecular flexibility index (Phi) is 5.73. The fourth-order valence-electron chi connectivity index (χ4n) is 3.66. The summed E-state index contributed by atoms with van der Waals surface area (Å²) < 4.78 is 42.5. The van der Waals surface area contributed by atoms with E-state index in [9.17, 15) is 23.1 Å². The summed E-state index contributed by atoms with van der Waals surface area (Å²) in [5.41, 5.74) is 0.117. The highest BCUT2D eigenvalue weighted by molar-refractivity contribution is 7.10. The lowest BCUT2D eigenvalue weighted by Gasteiger charge is -2.15. The Labute approximate surface area is 202 Å². The van der Waals surface area contributed by atoms with Crippen molar-refractivity contribution in [3.8, 4) is 5.88 Å². The van der Waals surface area contributed by atoms with Crippen LogP contribution < -0.4 is 15.4 Å². The van der Waals surface area contributed by atoms with E-state index in [4.69, 9.17) is 11.6 Å². The van der Waals surface area contributed by atoms with Gasteiger partial charge in [-0.15, -0.1) is 10.2 Å². The number of hydrogen-bond acceptors (Lipinski definition) is 8. The maximum absolute atomic E-state index is 13.8. The molecule has 0 amide bonds. The highest BCUT2D eigenvalue weighted by Gasteiger charge is 2.34. The first-order valence-corrected chi connectivity index (χ1v) is 11.2. The summed E-state index contributed by atoms with van der Waals surface area (Å²) in [5, 5.41) is 33.2. The minimum absolute atomic E-state index is 0.0616. The molecule has 0 atom stereocenters. The zero-order chi connectivity index (χ0) is 24.7. The van der Waals surface area contributed by atoms with Crippen LogP contribution >= 0.6 is 22.9 Å². The molecule has 178 valence electrons. The Hall–Kier alpha value is -3.84. The molecule has 0 radical (unpaired) electrons. The number of fused-ring (bicyclic) bond motifs is 1. The number of alkyl halides is 3. The van der Waals surface area contributed by atoms with Crippen molar-refractivity contribution in [2.75, 3.05) is 0 Å². The summed E-state index contributed by atoms with van der Waals surface area (Å²) in [5.74, 6) is -0.396. The average Bonchev–Trinajstić information content (AvgIpc) is 3.55. The molecule has 4 aromatic rings. The van der Waals surface area contributed by atoms with E-state index in [0.717, 1.165) is 10.6 Å². The smallest absolute Gasteiger partial charge is 0.416 e. The summed E-state index contributed by atoms with van der Waals surface area (Å²) in [6.07, 6.45) is -3.52. The molecule has 35 heavy (non-hydrogen) atoms. The van der Waals surface area contributed by atoms with Gasteiger partial charge in [0.25, 0.3) is 0 Å². The molecule has 0 bridgehead atoms. The van der Waals surface area contributed by atoms with Crippen molar-refractivity contribution < 1.29 is 18.3 Å². The SMILES string of the molecule is O=c1sc(C(Cc2ccc(Cl)cc2C(F)(F)F)=c2ccc3c(c2)N=NN=3)c(O)n1Cc1cn[nH]n1. The fourth-order valence-corrected chi connectivity index (χ4v) is 4.78. The van der Waals surface area contributed by atoms with Crippen molar-refractivity contribution in [2.24, 2.45) is 15.4 Å². The normalized spacial score (nSPS) is 13.6. The van der Waals surface area contributed by atoms with Gasteiger partial charge in [0.1, 0.15) is 16.7 Å². The lowest BCUT2D eigenvalue weighted by molar-refractivity contribution is -0.138. The van der Waals surface area contributed by atoms with Crippen molar-refractivity contribution in [1.82, 2.24) is 20.0 Å². The molecule has 2 N–H and O–H groups in total. The van der Waals surface area contributed by atoms with Crippen LogP contribution in [0.2, 0.25) is 5.02 Å². The van der Waals surface area contributed by atoms with E-state index in [1.54, 1.807) is 18.2 Å². The van der Waals surface area contributed by atoms with E-state index in [1.807, 2.05) is 0 Å². The molecule has 0 unspecified atom stereocenters. The number of benzene rings is 2. The monoisotopic (exact) mass is 519 g/mol. The van der Waals surface area contributed by atoms with E-state index in [0.29, 0.717) is 38.9 Å². The molecule has 9 nitrogen and oxygen atoms in total. The number of nitrogens with zero attached hydrogens (tertiary/aromatic N) is 6. The maximum Gasteiger partial charge on any atom is 0.416 e. The van der Waals surface area contributed by atoms with Crippen molar-refractivity contribution in [3.05, 3.63) is 89.6 Å². The van der Waals surface area contributed by atoms with Crippen molar-refractivity contribution >= 4 is 34.2 Å². The van der Waals surface area contributed by atoms with Crippen molar-refractivity contribution in [2.45, 2.75) is 19.1 Å². The standard InChI is InChI=1S/C21H13ClF3N7O2S/c22-12-3-1-11(15(7-12)21(23,24)25)5-14(10-2-4-16-17(6-10)29-31-28-16)18-19(33)32(20(34)35-18)9-13-8-26-30-27-13/h1-4,6-8,33H,5,9H2,(H,26,27,30). The summed E-state index contributed by atoms with van der Waals surface area (Å²) in [4.78, 5) is 12.3. The molecular formula is C21H13ClF3N7O2S. The predicted octanol–water partition coefficient (Wildman–Crippen LogP) is 3.53. The molecule has 1 aliphatic heterocycles. The highest BCUT2D eigenvalue weighted by Crippen LogP contribution is 2.37. The third-order valence-corrected chi connectivity index (χ3v) is 6.56. The van der Waals surface area contributed by atoms with Gasteiger partial charge >= 0.3 is 11.0 Å². The predicted molar refractivity (Wildman–Crippen MR) is 120 cm³/mol. The van der Waals surface area contributed by atoms with Gasteiger partial charge in [0.15, 0.2) is 0 Å². The van der Waals surface area contributed by atoms with Gasteiger partial charge in [-0.25, -0.2) is 0 Å². The van der Waals surface area contributed by atoms with Crippen LogP contribution in [0.4, 0.5) is 18.9 Å². The highest BCUT2D eigenvalue weighted by atomic mass is 35.5.